The third-order valence-electron chi connectivity index (χ3n) is 3.42. The molecule has 100 valence electrons. The number of carbonyl (C=O) groups is 1. The Morgan fingerprint density at radius 1 is 1.44 bits per heavy atom. The number of tetrazole rings is 1. The van der Waals surface area contributed by atoms with Gasteiger partial charge in [-0.25, -0.2) is 4.68 Å². The first-order chi connectivity index (χ1) is 8.68. The van der Waals surface area contributed by atoms with Crippen molar-refractivity contribution in [1.82, 2.24) is 20.2 Å². The van der Waals surface area contributed by atoms with Crippen LogP contribution in [0.1, 0.15) is 45.1 Å². The fourth-order valence-electron chi connectivity index (χ4n) is 2.45. The van der Waals surface area contributed by atoms with Crippen LogP contribution in [0.5, 0.6) is 0 Å². The normalized spacial score (nSPS) is 24.7. The van der Waals surface area contributed by atoms with Crippen molar-refractivity contribution in [3.05, 3.63) is 0 Å². The predicted molar refractivity (Wildman–Crippen MR) is 67.5 cm³/mol. The lowest BCUT2D eigenvalue weighted by Crippen LogP contribution is -2.19. The van der Waals surface area contributed by atoms with Crippen LogP contribution in [0.25, 0.3) is 0 Å². The van der Waals surface area contributed by atoms with E-state index >= 15 is 0 Å². The third-order valence-corrected chi connectivity index (χ3v) is 4.34. The lowest BCUT2D eigenvalue weighted by molar-refractivity contribution is -0.133. The summed E-state index contributed by atoms with van der Waals surface area (Å²) in [5.41, 5.74) is 0. The van der Waals surface area contributed by atoms with Gasteiger partial charge in [0.2, 0.25) is 5.16 Å². The van der Waals surface area contributed by atoms with Gasteiger partial charge in [-0.15, -0.1) is 5.10 Å². The Kier molecular flexibility index (Phi) is 4.57. The number of nitrogens with zero attached hydrogens (tertiary/aromatic N) is 4. The molecule has 1 aromatic heterocycles. The summed E-state index contributed by atoms with van der Waals surface area (Å²) in [6.45, 7) is 2.23. The van der Waals surface area contributed by atoms with Gasteiger partial charge in [0.05, 0.1) is 11.8 Å². The number of hydrogen-bond acceptors (Lipinski definition) is 5. The van der Waals surface area contributed by atoms with E-state index in [9.17, 15) is 4.79 Å². The van der Waals surface area contributed by atoms with Crippen molar-refractivity contribution >= 4 is 17.7 Å². The summed E-state index contributed by atoms with van der Waals surface area (Å²) in [7, 11) is 0. The predicted octanol–water partition coefficient (Wildman–Crippen LogP) is 1.99. The molecule has 1 saturated carbocycles. The van der Waals surface area contributed by atoms with E-state index in [-0.39, 0.29) is 5.75 Å². The summed E-state index contributed by atoms with van der Waals surface area (Å²) in [6.07, 6.45) is 5.98. The largest absolute Gasteiger partial charge is 0.481 e. The molecule has 0 aliphatic heterocycles. The van der Waals surface area contributed by atoms with Gasteiger partial charge in [-0.1, -0.05) is 37.9 Å². The monoisotopic (exact) mass is 270 g/mol. The number of aliphatic carboxylic acids is 1. The second-order valence-corrected chi connectivity index (χ2v) is 5.71. The molecule has 6 nitrogen and oxygen atoms in total. The van der Waals surface area contributed by atoms with Crippen LogP contribution in [0.15, 0.2) is 5.16 Å². The minimum absolute atomic E-state index is 0.00146. The van der Waals surface area contributed by atoms with Crippen molar-refractivity contribution < 1.29 is 9.90 Å². The zero-order chi connectivity index (χ0) is 13.0. The first-order valence-electron chi connectivity index (χ1n) is 6.31. The molecule has 2 rings (SSSR count). The Labute approximate surface area is 110 Å². The molecule has 1 aromatic rings. The van der Waals surface area contributed by atoms with Crippen LogP contribution in [-0.4, -0.2) is 37.0 Å². The lowest BCUT2D eigenvalue weighted by atomic mass is 9.97. The molecule has 1 heterocycles. The van der Waals surface area contributed by atoms with Crippen LogP contribution in [0, 0.1) is 5.92 Å². The average molecular weight is 270 g/mol. The Hall–Kier alpha value is -1.11. The van der Waals surface area contributed by atoms with Gasteiger partial charge in [0.15, 0.2) is 0 Å². The highest BCUT2D eigenvalue weighted by molar-refractivity contribution is 7.99. The van der Waals surface area contributed by atoms with Gasteiger partial charge >= 0.3 is 5.97 Å². The van der Waals surface area contributed by atoms with Gasteiger partial charge in [0.25, 0.3) is 0 Å². The summed E-state index contributed by atoms with van der Waals surface area (Å²) >= 11 is 1.19. The maximum atomic E-state index is 10.6. The minimum Gasteiger partial charge on any atom is -0.481 e. The molecule has 1 fully saturated rings. The van der Waals surface area contributed by atoms with Crippen LogP contribution < -0.4 is 0 Å². The van der Waals surface area contributed by atoms with E-state index in [2.05, 4.69) is 22.4 Å². The molecule has 0 spiro atoms. The quantitative estimate of drug-likeness (QED) is 0.665. The number of rotatable bonds is 4. The smallest absolute Gasteiger partial charge is 0.313 e. The summed E-state index contributed by atoms with van der Waals surface area (Å²) in [5.74, 6) is -0.301. The zero-order valence-corrected chi connectivity index (χ0v) is 11.3. The van der Waals surface area contributed by atoms with Gasteiger partial charge in [-0.2, -0.15) is 0 Å². The minimum atomic E-state index is -0.844. The topological polar surface area (TPSA) is 80.9 Å². The highest BCUT2D eigenvalue weighted by Gasteiger charge is 2.25. The second-order valence-electron chi connectivity index (χ2n) is 4.77. The standard InChI is InChI=1S/C11H18N4O2S/c1-8-5-3-2-4-6-9(8)15-11(12-13-14-15)18-7-10(16)17/h8-9H,2-7H2,1H3,(H,16,17). The molecule has 0 bridgehead atoms. The van der Waals surface area contributed by atoms with Crippen molar-refractivity contribution in [3.8, 4) is 0 Å². The first kappa shape index (κ1) is 13.3. The summed E-state index contributed by atoms with van der Waals surface area (Å²) in [5, 5.41) is 21.0. The highest BCUT2D eigenvalue weighted by Crippen LogP contribution is 2.33. The van der Waals surface area contributed by atoms with Crippen molar-refractivity contribution in [3.63, 3.8) is 0 Å². The molecule has 18 heavy (non-hydrogen) atoms. The molecule has 1 N–H and O–H groups in total. The van der Waals surface area contributed by atoms with Crippen LogP contribution >= 0.6 is 11.8 Å². The summed E-state index contributed by atoms with van der Waals surface area (Å²) < 4.78 is 1.82. The molecule has 2 atom stereocenters. The van der Waals surface area contributed by atoms with Gasteiger partial charge in [0, 0.05) is 0 Å². The van der Waals surface area contributed by atoms with Crippen molar-refractivity contribution in [2.45, 2.75) is 50.2 Å². The van der Waals surface area contributed by atoms with Crippen molar-refractivity contribution in [1.29, 1.82) is 0 Å². The summed E-state index contributed by atoms with van der Waals surface area (Å²) in [4.78, 5) is 10.6. The van der Waals surface area contributed by atoms with E-state index in [1.54, 1.807) is 0 Å². The Bertz CT molecular complexity index is 410. The van der Waals surface area contributed by atoms with Crippen LogP contribution in [0.2, 0.25) is 0 Å². The fourth-order valence-corrected chi connectivity index (χ4v) is 3.10. The Balaban J connectivity index is 2.11. The van der Waals surface area contributed by atoms with Gasteiger partial charge in [-0.3, -0.25) is 4.79 Å². The van der Waals surface area contributed by atoms with E-state index in [1.165, 1.54) is 37.4 Å². The maximum Gasteiger partial charge on any atom is 0.313 e. The number of hydrogen-bond donors (Lipinski definition) is 1. The third kappa shape index (κ3) is 3.22. The van der Waals surface area contributed by atoms with Crippen LogP contribution in [0.4, 0.5) is 0 Å². The summed E-state index contributed by atoms with van der Waals surface area (Å²) in [6, 6.07) is 0.304. The molecular weight excluding hydrogens is 252 g/mol. The number of aromatic nitrogens is 4. The Morgan fingerprint density at radius 2 is 2.22 bits per heavy atom. The fraction of sp³-hybridized carbons (Fsp3) is 0.818. The van der Waals surface area contributed by atoms with E-state index in [4.69, 9.17) is 5.11 Å². The van der Waals surface area contributed by atoms with Gasteiger partial charge in [0.1, 0.15) is 0 Å². The first-order valence-corrected chi connectivity index (χ1v) is 7.29. The molecule has 2 unspecified atom stereocenters. The molecule has 7 heteroatoms. The van der Waals surface area contributed by atoms with Gasteiger partial charge < -0.3 is 5.11 Å². The van der Waals surface area contributed by atoms with E-state index in [1.807, 2.05) is 4.68 Å². The molecule has 0 aromatic carbocycles. The average Bonchev–Trinajstić information content (AvgIpc) is 2.69. The number of thioether (sulfide) groups is 1. The second kappa shape index (κ2) is 6.17. The van der Waals surface area contributed by atoms with E-state index in [0.717, 1.165) is 6.42 Å². The maximum absolute atomic E-state index is 10.6. The molecule has 0 amide bonds. The highest BCUT2D eigenvalue weighted by atomic mass is 32.2. The van der Waals surface area contributed by atoms with Crippen molar-refractivity contribution in [2.75, 3.05) is 5.75 Å². The zero-order valence-electron chi connectivity index (χ0n) is 10.4. The molecule has 1 aliphatic carbocycles. The molecular formula is C11H18N4O2S. The van der Waals surface area contributed by atoms with Gasteiger partial charge in [-0.05, 0) is 29.2 Å². The molecule has 1 aliphatic rings. The molecule has 0 radical (unpaired) electrons. The van der Waals surface area contributed by atoms with Crippen LogP contribution in [-0.2, 0) is 4.79 Å². The Morgan fingerprint density at radius 3 is 3.00 bits per heavy atom. The van der Waals surface area contributed by atoms with E-state index in [0.29, 0.717) is 17.1 Å². The van der Waals surface area contributed by atoms with Crippen molar-refractivity contribution in [2.24, 2.45) is 5.92 Å². The van der Waals surface area contributed by atoms with E-state index < -0.39 is 5.97 Å². The SMILES string of the molecule is CC1CCCCCC1n1nnnc1SCC(=O)O. The number of carboxylic acids is 1. The molecule has 0 saturated heterocycles. The lowest BCUT2D eigenvalue weighted by Gasteiger charge is -2.21. The number of carboxylic acid groups (broad SMARTS) is 1. The van der Waals surface area contributed by atoms with Crippen LogP contribution in [0.3, 0.4) is 0 Å².